The lowest BCUT2D eigenvalue weighted by atomic mass is 9.99. The topological polar surface area (TPSA) is 110 Å². The molecule has 1 aliphatic rings. The van der Waals surface area contributed by atoms with Gasteiger partial charge in [0.25, 0.3) is 0 Å². The number of aliphatic hydroxyl groups excluding tert-OH is 4. The lowest BCUT2D eigenvalue weighted by molar-refractivity contribution is -0.304. The molecule has 1 rings (SSSR count). The van der Waals surface area contributed by atoms with Crippen LogP contribution in [0.4, 0.5) is 0 Å². The van der Waals surface area contributed by atoms with Gasteiger partial charge in [0, 0.05) is 0 Å². The Balaban J connectivity index is 2.79. The zero-order valence-electron chi connectivity index (χ0n) is 6.61. The molecule has 0 aromatic heterocycles. The van der Waals surface area contributed by atoms with Crippen molar-refractivity contribution in [3.8, 4) is 0 Å². The molecule has 0 unspecified atom stereocenters. The first-order chi connectivity index (χ1) is 5.90. The van der Waals surface area contributed by atoms with Crippen LogP contribution in [0.2, 0.25) is 0 Å². The van der Waals surface area contributed by atoms with Gasteiger partial charge in [-0.3, -0.25) is 0 Å². The highest BCUT2D eigenvalue weighted by Crippen LogP contribution is 2.30. The third kappa shape index (κ3) is 1.96. The van der Waals surface area contributed by atoms with Gasteiger partial charge in [-0.1, -0.05) is 0 Å². The van der Waals surface area contributed by atoms with E-state index in [1.807, 2.05) is 0 Å². The van der Waals surface area contributed by atoms with Gasteiger partial charge in [0.2, 0.25) is 5.12 Å². The van der Waals surface area contributed by atoms with Crippen molar-refractivity contribution >= 4 is 12.6 Å². The van der Waals surface area contributed by atoms with Gasteiger partial charge in [-0.2, -0.15) is 0 Å². The van der Waals surface area contributed by atoms with Crippen LogP contribution in [0, 0.1) is 0 Å². The highest BCUT2D eigenvalue weighted by atomic mass is 32.1. The Labute approximate surface area is 79.8 Å². The lowest BCUT2D eigenvalue weighted by Gasteiger charge is -2.42. The molecule has 5 atom stereocenters. The molecule has 1 aliphatic heterocycles. The van der Waals surface area contributed by atoms with E-state index < -0.39 is 36.1 Å². The SMILES string of the molecule is OC[C@H]1O[C@](O)(S)[C@H](O)[C@@H](O)[C@@H]1O. The number of hydrogen-bond donors (Lipinski definition) is 6. The molecule has 1 heterocycles. The van der Waals surface area contributed by atoms with Gasteiger partial charge in [0.1, 0.15) is 24.4 Å². The standard InChI is InChI=1S/C6H12O6S/c7-1-2-3(8)4(9)5(10)6(11,13)12-2/h2-5,7-11,13H,1H2/t2-,3-,4+,5-,6+/m1/s1. The molecule has 6 nitrogen and oxygen atoms in total. The minimum absolute atomic E-state index is 0.589. The normalized spacial score (nSPS) is 52.2. The first-order valence-corrected chi connectivity index (χ1v) is 4.12. The summed E-state index contributed by atoms with van der Waals surface area (Å²) in [6.07, 6.45) is -5.95. The molecular weight excluding hydrogens is 200 g/mol. The molecule has 0 spiro atoms. The Hall–Kier alpha value is 0.110. The molecule has 0 amide bonds. The van der Waals surface area contributed by atoms with Gasteiger partial charge in [0.15, 0.2) is 0 Å². The predicted octanol–water partition coefficient (Wildman–Crippen LogP) is -2.96. The number of rotatable bonds is 1. The molecule has 1 saturated heterocycles. The van der Waals surface area contributed by atoms with Crippen molar-refractivity contribution in [1.29, 1.82) is 0 Å². The summed E-state index contributed by atoms with van der Waals surface area (Å²) in [7, 11) is 0. The molecule has 0 saturated carbocycles. The Morgan fingerprint density at radius 2 is 1.77 bits per heavy atom. The fourth-order valence-corrected chi connectivity index (χ4v) is 1.42. The van der Waals surface area contributed by atoms with E-state index in [9.17, 15) is 15.3 Å². The maximum Gasteiger partial charge on any atom is 0.243 e. The largest absolute Gasteiger partial charge is 0.394 e. The van der Waals surface area contributed by atoms with E-state index in [0.717, 1.165) is 0 Å². The van der Waals surface area contributed by atoms with E-state index in [4.69, 9.17) is 10.2 Å². The Morgan fingerprint density at radius 1 is 1.23 bits per heavy atom. The second-order valence-corrected chi connectivity index (χ2v) is 3.56. The number of aliphatic hydroxyl groups is 5. The quantitative estimate of drug-likeness (QED) is 0.205. The summed E-state index contributed by atoms with van der Waals surface area (Å²) in [6, 6.07) is 0. The molecule has 13 heavy (non-hydrogen) atoms. The van der Waals surface area contributed by atoms with Crippen molar-refractivity contribution < 1.29 is 30.3 Å². The second kappa shape index (κ2) is 3.70. The van der Waals surface area contributed by atoms with Crippen molar-refractivity contribution in [2.75, 3.05) is 6.61 Å². The maximum atomic E-state index is 9.24. The predicted molar refractivity (Wildman–Crippen MR) is 43.9 cm³/mol. The van der Waals surface area contributed by atoms with Crippen molar-refractivity contribution in [3.05, 3.63) is 0 Å². The Kier molecular flexibility index (Phi) is 3.18. The minimum Gasteiger partial charge on any atom is -0.394 e. The van der Waals surface area contributed by atoms with Crippen LogP contribution in [0.1, 0.15) is 0 Å². The Bertz CT molecular complexity index is 184. The number of hydrogen-bond acceptors (Lipinski definition) is 7. The first-order valence-electron chi connectivity index (χ1n) is 3.67. The van der Waals surface area contributed by atoms with Crippen LogP contribution in [0.3, 0.4) is 0 Å². The van der Waals surface area contributed by atoms with Crippen molar-refractivity contribution in [2.45, 2.75) is 29.5 Å². The summed E-state index contributed by atoms with van der Waals surface area (Å²) in [5, 5.41) is 43.2. The van der Waals surface area contributed by atoms with Gasteiger partial charge >= 0.3 is 0 Å². The van der Waals surface area contributed by atoms with E-state index in [1.165, 1.54) is 0 Å². The molecule has 1 fully saturated rings. The van der Waals surface area contributed by atoms with Gasteiger partial charge in [-0.25, -0.2) is 0 Å². The van der Waals surface area contributed by atoms with Gasteiger partial charge in [-0.05, 0) is 0 Å². The van der Waals surface area contributed by atoms with Crippen LogP contribution in [-0.4, -0.2) is 61.7 Å². The molecule has 0 aromatic rings. The van der Waals surface area contributed by atoms with Crippen LogP contribution < -0.4 is 0 Å². The summed E-state index contributed by atoms with van der Waals surface area (Å²) < 4.78 is 4.63. The molecule has 0 radical (unpaired) electrons. The van der Waals surface area contributed by atoms with E-state index in [2.05, 4.69) is 17.4 Å². The highest BCUT2D eigenvalue weighted by Gasteiger charge is 2.50. The second-order valence-electron chi connectivity index (χ2n) is 2.92. The van der Waals surface area contributed by atoms with Crippen LogP contribution in [0.15, 0.2) is 0 Å². The van der Waals surface area contributed by atoms with E-state index >= 15 is 0 Å². The molecule has 78 valence electrons. The summed E-state index contributed by atoms with van der Waals surface area (Å²) in [5.74, 6) is 0. The zero-order chi connectivity index (χ0) is 10.2. The molecule has 0 aromatic carbocycles. The van der Waals surface area contributed by atoms with Crippen LogP contribution in [0.5, 0.6) is 0 Å². The molecular formula is C6H12O6S. The zero-order valence-corrected chi connectivity index (χ0v) is 7.50. The summed E-state index contributed by atoms with van der Waals surface area (Å²) >= 11 is 3.53. The monoisotopic (exact) mass is 212 g/mol. The molecule has 0 aliphatic carbocycles. The maximum absolute atomic E-state index is 9.24. The fourth-order valence-electron chi connectivity index (χ4n) is 1.14. The van der Waals surface area contributed by atoms with Crippen molar-refractivity contribution in [3.63, 3.8) is 0 Å². The average Bonchev–Trinajstić information content (AvgIpc) is 2.08. The van der Waals surface area contributed by atoms with E-state index in [1.54, 1.807) is 0 Å². The van der Waals surface area contributed by atoms with Gasteiger partial charge in [-0.15, -0.1) is 12.6 Å². The molecule has 5 N–H and O–H groups in total. The van der Waals surface area contributed by atoms with Gasteiger partial charge in [0.05, 0.1) is 6.61 Å². The minimum atomic E-state index is -2.26. The van der Waals surface area contributed by atoms with Crippen LogP contribution in [0.25, 0.3) is 0 Å². The number of ether oxygens (including phenoxy) is 1. The van der Waals surface area contributed by atoms with Crippen LogP contribution >= 0.6 is 12.6 Å². The molecule has 0 bridgehead atoms. The molecule has 7 heteroatoms. The van der Waals surface area contributed by atoms with Gasteiger partial charge < -0.3 is 30.3 Å². The fraction of sp³-hybridized carbons (Fsp3) is 1.00. The summed E-state index contributed by atoms with van der Waals surface area (Å²) in [6.45, 7) is -0.589. The van der Waals surface area contributed by atoms with Crippen LogP contribution in [-0.2, 0) is 4.74 Å². The first kappa shape index (κ1) is 11.2. The van der Waals surface area contributed by atoms with Crippen molar-refractivity contribution in [1.82, 2.24) is 0 Å². The highest BCUT2D eigenvalue weighted by molar-refractivity contribution is 7.81. The Morgan fingerprint density at radius 3 is 2.23 bits per heavy atom. The van der Waals surface area contributed by atoms with E-state index in [-0.39, 0.29) is 0 Å². The third-order valence-electron chi connectivity index (χ3n) is 1.94. The summed E-state index contributed by atoms with van der Waals surface area (Å²) in [5.41, 5.74) is 0. The van der Waals surface area contributed by atoms with Crippen molar-refractivity contribution in [2.24, 2.45) is 0 Å². The smallest absolute Gasteiger partial charge is 0.243 e. The average molecular weight is 212 g/mol. The lowest BCUT2D eigenvalue weighted by Crippen LogP contribution is -2.62. The summed E-state index contributed by atoms with van der Waals surface area (Å²) in [4.78, 5) is 0. The number of thiol groups is 1. The van der Waals surface area contributed by atoms with E-state index in [0.29, 0.717) is 0 Å². The third-order valence-corrected chi connectivity index (χ3v) is 2.31.